The van der Waals surface area contributed by atoms with Crippen molar-refractivity contribution in [3.8, 4) is 43.9 Å². The maximum atomic E-state index is 12.1. The Morgan fingerprint density at radius 1 is 0.642 bits per heavy atom. The quantitative estimate of drug-likeness (QED) is 0.0384. The normalized spacial score (nSPS) is 12.1. The van der Waals surface area contributed by atoms with Gasteiger partial charge in [0, 0.05) is 82.3 Å². The smallest absolute Gasteiger partial charge is 0.247 e. The molecule has 8 aromatic rings. The molecule has 0 aromatic carbocycles. The standard InChI is InChI=1S/C22H28N6O3S2Si.C22H28N6OS2Si.CH4/c1-14-11-23-22(33(3,29)30)26-19(14)17-12-28(13-31-9-10-34(4,5)6)20-16(17)7-8-18(25-20)21-24-15(2)27-32-21;1-14-11-23-22(30-3)26-19(14)17-12-28(13-29-9-10-32(4,5)6)20-16(17)7-8-18(25-20)21-24-15(2)27-31-21;/h7-8,11-12H,9-10,13H2,1-6H3;7-8,11-12H,9-10,13H2,1-6H3;1H4. The fourth-order valence-corrected chi connectivity index (χ4v) is 10.3. The molecule has 0 amide bonds. The maximum absolute atomic E-state index is 12.1. The van der Waals surface area contributed by atoms with Crippen LogP contribution >= 0.6 is 34.8 Å². The van der Waals surface area contributed by atoms with Crippen molar-refractivity contribution in [2.45, 2.75) is 110 Å². The first-order valence-electron chi connectivity index (χ1n) is 21.4. The summed E-state index contributed by atoms with van der Waals surface area (Å²) < 4.78 is 48.8. The van der Waals surface area contributed by atoms with E-state index in [4.69, 9.17) is 24.4 Å². The minimum Gasteiger partial charge on any atom is -0.361 e. The Balaban J connectivity index is 0.000000218. The van der Waals surface area contributed by atoms with Crippen LogP contribution in [0.15, 0.2) is 59.4 Å². The molecule has 8 heterocycles. The summed E-state index contributed by atoms with van der Waals surface area (Å²) in [4.78, 5) is 36.4. The SMILES string of the molecule is C.CSc1ncc(C)c(-c2cn(COCC[Si](C)(C)C)c3nc(-c4nc(C)ns4)ccc23)n1.Cc1nsc(-c2ccc3c(-c4nc(S(C)(=O)=O)ncc4C)cn(COCC[Si](C)(C)C)c3n2)n1. The van der Waals surface area contributed by atoms with Gasteiger partial charge < -0.3 is 18.6 Å². The van der Waals surface area contributed by atoms with Gasteiger partial charge in [-0.05, 0) is 104 Å². The molecule has 0 bridgehead atoms. The van der Waals surface area contributed by atoms with Crippen LogP contribution < -0.4 is 0 Å². The molecule has 0 unspecified atom stereocenters. The van der Waals surface area contributed by atoms with Gasteiger partial charge in [0.2, 0.25) is 15.0 Å². The van der Waals surface area contributed by atoms with E-state index in [-0.39, 0.29) is 12.6 Å². The van der Waals surface area contributed by atoms with Gasteiger partial charge in [-0.1, -0.05) is 58.5 Å². The molecule has 0 atom stereocenters. The predicted octanol–water partition coefficient (Wildman–Crippen LogP) is 10.6. The Kier molecular flexibility index (Phi) is 16.4. The molecule has 8 rings (SSSR count). The second kappa shape index (κ2) is 21.3. The number of fused-ring (bicyclic) bond motifs is 2. The molecule has 0 aliphatic heterocycles. The van der Waals surface area contributed by atoms with Crippen LogP contribution in [-0.4, -0.2) is 108 Å². The number of thioether (sulfide) groups is 1. The molecule has 0 fully saturated rings. The van der Waals surface area contributed by atoms with Gasteiger partial charge in [0.25, 0.3) is 0 Å². The van der Waals surface area contributed by atoms with Gasteiger partial charge in [-0.3, -0.25) is 0 Å². The highest BCUT2D eigenvalue weighted by Gasteiger charge is 2.22. The van der Waals surface area contributed by atoms with E-state index in [0.29, 0.717) is 37.2 Å². The lowest BCUT2D eigenvalue weighted by molar-refractivity contribution is 0.0898. The van der Waals surface area contributed by atoms with Crippen molar-refractivity contribution >= 4 is 82.9 Å². The van der Waals surface area contributed by atoms with Gasteiger partial charge in [0.05, 0.1) is 11.4 Å². The molecule has 0 spiro atoms. The first-order chi connectivity index (χ1) is 31.2. The van der Waals surface area contributed by atoms with Crippen LogP contribution in [-0.2, 0) is 32.8 Å². The third-order valence-electron chi connectivity index (χ3n) is 10.3. The van der Waals surface area contributed by atoms with Crippen molar-refractivity contribution in [2.24, 2.45) is 0 Å². The predicted molar refractivity (Wildman–Crippen MR) is 278 cm³/mol. The highest BCUT2D eigenvalue weighted by atomic mass is 32.2. The largest absolute Gasteiger partial charge is 0.361 e. The van der Waals surface area contributed by atoms with Crippen molar-refractivity contribution in [1.29, 1.82) is 0 Å². The van der Waals surface area contributed by atoms with Gasteiger partial charge in [0.1, 0.15) is 47.8 Å². The topological polar surface area (TPSA) is 191 Å². The number of pyridine rings is 2. The Morgan fingerprint density at radius 2 is 1.09 bits per heavy atom. The van der Waals surface area contributed by atoms with Crippen molar-refractivity contribution in [1.82, 2.24) is 57.8 Å². The summed E-state index contributed by atoms with van der Waals surface area (Å²) in [6, 6.07) is 10.2. The first kappa shape index (κ1) is 51.7. The number of hydrogen-bond donors (Lipinski definition) is 0. The summed E-state index contributed by atoms with van der Waals surface area (Å²) in [7, 11) is -5.91. The number of aryl methyl sites for hydroxylation is 4. The van der Waals surface area contributed by atoms with Crippen LogP contribution in [0.25, 0.3) is 66.0 Å². The number of hydrogen-bond acceptors (Lipinski definition) is 17. The van der Waals surface area contributed by atoms with Gasteiger partial charge in [-0.2, -0.15) is 8.75 Å². The highest BCUT2D eigenvalue weighted by Crippen LogP contribution is 2.35. The van der Waals surface area contributed by atoms with Crippen LogP contribution in [0.3, 0.4) is 0 Å². The Morgan fingerprint density at radius 3 is 1.49 bits per heavy atom. The molecule has 0 aliphatic rings. The van der Waals surface area contributed by atoms with Crippen LogP contribution in [0.4, 0.5) is 0 Å². The van der Waals surface area contributed by atoms with Crippen molar-refractivity contribution < 1.29 is 17.9 Å². The number of rotatable bonds is 16. The fraction of sp³-hybridized carbons (Fsp3) is 0.422. The molecule has 356 valence electrons. The molecule has 0 saturated carbocycles. The highest BCUT2D eigenvalue weighted by molar-refractivity contribution is 7.98. The van der Waals surface area contributed by atoms with Gasteiger partial charge in [0.15, 0.2) is 15.2 Å². The molecular formula is C45H60N12O4S4Si2. The molecule has 8 aromatic heterocycles. The molecule has 67 heavy (non-hydrogen) atoms. The summed E-state index contributed by atoms with van der Waals surface area (Å²) in [5.74, 6) is 1.47. The van der Waals surface area contributed by atoms with Crippen LogP contribution in [0.1, 0.15) is 30.2 Å². The second-order valence-corrected chi connectivity index (χ2v) is 33.9. The molecule has 16 nitrogen and oxygen atoms in total. The van der Waals surface area contributed by atoms with Crippen LogP contribution in [0.2, 0.25) is 51.4 Å². The lowest BCUT2D eigenvalue weighted by Gasteiger charge is -2.15. The summed E-state index contributed by atoms with van der Waals surface area (Å²) in [6.45, 7) is 23.9. The van der Waals surface area contributed by atoms with E-state index in [1.807, 2.05) is 69.1 Å². The lowest BCUT2D eigenvalue weighted by atomic mass is 10.1. The lowest BCUT2D eigenvalue weighted by Crippen LogP contribution is -2.22. The summed E-state index contributed by atoms with van der Waals surface area (Å²) in [6.07, 6.45) is 10.5. The van der Waals surface area contributed by atoms with Crippen molar-refractivity contribution in [3.05, 3.63) is 71.8 Å². The molecule has 0 aliphatic carbocycles. The third-order valence-corrected chi connectivity index (χ3v) is 16.8. The van der Waals surface area contributed by atoms with E-state index in [2.05, 4.69) is 89.8 Å². The average Bonchev–Trinajstić information content (AvgIpc) is 4.06. The number of nitrogens with zero attached hydrogens (tertiary/aromatic N) is 12. The summed E-state index contributed by atoms with van der Waals surface area (Å²) in [5.41, 5.74) is 8.23. The van der Waals surface area contributed by atoms with Crippen LogP contribution in [0, 0.1) is 27.7 Å². The zero-order chi connectivity index (χ0) is 47.6. The second-order valence-electron chi connectivity index (χ2n) is 18.5. The Hall–Kier alpha value is -4.69. The number of sulfone groups is 1. The molecule has 0 radical (unpaired) electrons. The van der Waals surface area contributed by atoms with Gasteiger partial charge in [-0.25, -0.2) is 48.3 Å². The molecule has 22 heteroatoms. The van der Waals surface area contributed by atoms with E-state index in [9.17, 15) is 8.42 Å². The fourth-order valence-electron chi connectivity index (χ4n) is 6.70. The molecular weight excluding hydrogens is 957 g/mol. The Bertz CT molecular complexity index is 3120. The Labute approximate surface area is 407 Å². The minimum atomic E-state index is -3.55. The van der Waals surface area contributed by atoms with E-state index in [1.54, 1.807) is 11.8 Å². The molecule has 0 N–H and O–H groups in total. The third kappa shape index (κ3) is 12.9. The van der Waals surface area contributed by atoms with E-state index >= 15 is 0 Å². The van der Waals surface area contributed by atoms with Gasteiger partial charge >= 0.3 is 0 Å². The van der Waals surface area contributed by atoms with Crippen LogP contribution in [0.5, 0.6) is 0 Å². The maximum Gasteiger partial charge on any atom is 0.247 e. The molecule has 0 saturated heterocycles. The van der Waals surface area contributed by atoms with Crippen molar-refractivity contribution in [2.75, 3.05) is 25.7 Å². The number of ether oxygens (including phenoxy) is 2. The van der Waals surface area contributed by atoms with E-state index in [0.717, 1.165) is 102 Å². The zero-order valence-electron chi connectivity index (χ0n) is 39.5. The number of aromatic nitrogens is 12. The zero-order valence-corrected chi connectivity index (χ0v) is 44.8. The monoisotopic (exact) mass is 1020 g/mol. The summed E-state index contributed by atoms with van der Waals surface area (Å²) >= 11 is 4.21. The first-order valence-corrected chi connectivity index (χ1v) is 33.4. The van der Waals surface area contributed by atoms with Crippen molar-refractivity contribution in [3.63, 3.8) is 0 Å². The summed E-state index contributed by atoms with van der Waals surface area (Å²) in [5, 5.41) is 4.01. The average molecular weight is 1020 g/mol. The minimum absolute atomic E-state index is 0. The van der Waals surface area contributed by atoms with E-state index in [1.165, 1.54) is 29.3 Å². The van der Waals surface area contributed by atoms with E-state index < -0.39 is 26.0 Å². The van der Waals surface area contributed by atoms with Gasteiger partial charge in [-0.15, -0.1) is 0 Å².